The van der Waals surface area contributed by atoms with Crippen LogP contribution in [-0.2, 0) is 0 Å². The predicted octanol–water partition coefficient (Wildman–Crippen LogP) is 7.51. The SMILES string of the molecule is COc1ccc2cc3oc4cc5c(cc4c3cc2c1)oc1cc2ccc(O)cc2cc15. The van der Waals surface area contributed by atoms with Crippen LogP contribution in [0.3, 0.4) is 0 Å². The molecule has 7 rings (SSSR count). The molecule has 5 aromatic carbocycles. The van der Waals surface area contributed by atoms with E-state index in [0.29, 0.717) is 0 Å². The number of aromatic hydroxyl groups is 1. The molecule has 0 aliphatic heterocycles. The van der Waals surface area contributed by atoms with Crippen LogP contribution in [0.4, 0.5) is 0 Å². The third kappa shape index (κ3) is 2.30. The van der Waals surface area contributed by atoms with Crippen LogP contribution in [0.2, 0.25) is 0 Å². The molecule has 1 N–H and O–H groups in total. The van der Waals surface area contributed by atoms with Crippen LogP contribution in [0.1, 0.15) is 0 Å². The standard InChI is InChI=1S/C27H16O4/c1-29-19-5-3-15-11-25-21(9-17(15)7-19)23-13-26-22(12-27(23)31-25)20-8-16-6-18(28)4-2-14(16)10-24(20)30-26/h2-13,28H,1H3. The van der Waals surface area contributed by atoms with E-state index in [1.165, 1.54) is 0 Å². The summed E-state index contributed by atoms with van der Waals surface area (Å²) in [5.41, 5.74) is 3.30. The summed E-state index contributed by atoms with van der Waals surface area (Å²) in [6.07, 6.45) is 0. The second-order valence-corrected chi connectivity index (χ2v) is 7.99. The zero-order valence-corrected chi connectivity index (χ0v) is 16.6. The van der Waals surface area contributed by atoms with Crippen molar-refractivity contribution in [2.75, 3.05) is 7.11 Å². The Morgan fingerprint density at radius 2 is 1.06 bits per heavy atom. The highest BCUT2D eigenvalue weighted by Gasteiger charge is 2.15. The highest BCUT2D eigenvalue weighted by molar-refractivity contribution is 6.18. The number of fused-ring (bicyclic) bond motifs is 8. The Hall–Kier alpha value is -4.18. The molecule has 2 heterocycles. The van der Waals surface area contributed by atoms with Crippen molar-refractivity contribution in [3.05, 3.63) is 72.8 Å². The number of benzene rings is 5. The zero-order valence-electron chi connectivity index (χ0n) is 16.6. The third-order valence-corrected chi connectivity index (χ3v) is 6.17. The average Bonchev–Trinajstić information content (AvgIpc) is 3.30. The lowest BCUT2D eigenvalue weighted by molar-refractivity contribution is 0.415. The summed E-state index contributed by atoms with van der Waals surface area (Å²) in [6.45, 7) is 0. The van der Waals surface area contributed by atoms with Gasteiger partial charge in [0.1, 0.15) is 33.8 Å². The maximum atomic E-state index is 9.86. The first-order chi connectivity index (χ1) is 15.2. The van der Waals surface area contributed by atoms with Crippen LogP contribution in [0, 0.1) is 0 Å². The molecular weight excluding hydrogens is 388 g/mol. The minimum Gasteiger partial charge on any atom is -0.508 e. The number of phenols is 1. The first kappa shape index (κ1) is 16.6. The van der Waals surface area contributed by atoms with Crippen LogP contribution in [-0.4, -0.2) is 12.2 Å². The van der Waals surface area contributed by atoms with E-state index in [2.05, 4.69) is 30.3 Å². The fourth-order valence-corrected chi connectivity index (χ4v) is 4.62. The maximum Gasteiger partial charge on any atom is 0.136 e. The van der Waals surface area contributed by atoms with E-state index in [9.17, 15) is 5.11 Å². The lowest BCUT2D eigenvalue weighted by Gasteiger charge is -2.02. The number of phenolic OH excluding ortho intramolecular Hbond substituents is 1. The Bertz CT molecular complexity index is 1840. The second kappa shape index (κ2) is 5.70. The van der Waals surface area contributed by atoms with Gasteiger partial charge < -0.3 is 18.7 Å². The van der Waals surface area contributed by atoms with Gasteiger partial charge in [0.25, 0.3) is 0 Å². The normalized spacial score (nSPS) is 12.2. The summed E-state index contributed by atoms with van der Waals surface area (Å²) in [5.74, 6) is 1.08. The van der Waals surface area contributed by atoms with Crippen LogP contribution in [0.25, 0.3) is 65.4 Å². The second-order valence-electron chi connectivity index (χ2n) is 7.99. The summed E-state index contributed by atoms with van der Waals surface area (Å²) in [6, 6.07) is 23.8. The Labute approximate surface area is 175 Å². The lowest BCUT2D eigenvalue weighted by Crippen LogP contribution is -1.82. The molecule has 0 atom stereocenters. The van der Waals surface area contributed by atoms with E-state index in [4.69, 9.17) is 13.6 Å². The molecule has 0 bridgehead atoms. The van der Waals surface area contributed by atoms with Crippen LogP contribution < -0.4 is 4.74 Å². The van der Waals surface area contributed by atoms with Crippen molar-refractivity contribution >= 4 is 65.4 Å². The number of hydrogen-bond acceptors (Lipinski definition) is 4. The first-order valence-corrected chi connectivity index (χ1v) is 10.1. The molecule has 4 nitrogen and oxygen atoms in total. The highest BCUT2D eigenvalue weighted by atomic mass is 16.5. The van der Waals surface area contributed by atoms with Gasteiger partial charge in [-0.15, -0.1) is 0 Å². The van der Waals surface area contributed by atoms with Gasteiger partial charge in [0, 0.05) is 21.5 Å². The fourth-order valence-electron chi connectivity index (χ4n) is 4.62. The van der Waals surface area contributed by atoms with E-state index in [0.717, 1.165) is 71.2 Å². The highest BCUT2D eigenvalue weighted by Crippen LogP contribution is 2.39. The maximum absolute atomic E-state index is 9.86. The van der Waals surface area contributed by atoms with Gasteiger partial charge >= 0.3 is 0 Å². The number of hydrogen-bond donors (Lipinski definition) is 1. The van der Waals surface area contributed by atoms with E-state index >= 15 is 0 Å². The molecule has 7 aromatic rings. The minimum atomic E-state index is 0.253. The van der Waals surface area contributed by atoms with E-state index in [1.807, 2.05) is 30.3 Å². The van der Waals surface area contributed by atoms with E-state index < -0.39 is 0 Å². The molecule has 0 saturated carbocycles. The van der Waals surface area contributed by atoms with E-state index in [-0.39, 0.29) is 5.75 Å². The zero-order chi connectivity index (χ0) is 20.7. The van der Waals surface area contributed by atoms with Gasteiger partial charge in [-0.3, -0.25) is 0 Å². The number of rotatable bonds is 1. The Kier molecular flexibility index (Phi) is 3.05. The quantitative estimate of drug-likeness (QED) is 0.308. The largest absolute Gasteiger partial charge is 0.508 e. The minimum absolute atomic E-state index is 0.253. The van der Waals surface area contributed by atoms with E-state index in [1.54, 1.807) is 19.2 Å². The number of ether oxygens (including phenoxy) is 1. The molecule has 148 valence electrons. The molecule has 0 radical (unpaired) electrons. The molecule has 0 spiro atoms. The fraction of sp³-hybridized carbons (Fsp3) is 0.0370. The smallest absolute Gasteiger partial charge is 0.136 e. The molecule has 31 heavy (non-hydrogen) atoms. The van der Waals surface area contributed by atoms with Crippen molar-refractivity contribution in [3.8, 4) is 11.5 Å². The van der Waals surface area contributed by atoms with Crippen LogP contribution in [0.15, 0.2) is 81.6 Å². The van der Waals surface area contributed by atoms with Gasteiger partial charge in [-0.05, 0) is 82.2 Å². The van der Waals surface area contributed by atoms with Gasteiger partial charge in [-0.2, -0.15) is 0 Å². The summed E-state index contributed by atoms with van der Waals surface area (Å²) in [7, 11) is 1.68. The molecule has 0 amide bonds. The summed E-state index contributed by atoms with van der Waals surface area (Å²) in [5, 5.41) is 18.1. The molecule has 4 heteroatoms. The lowest BCUT2D eigenvalue weighted by atomic mass is 10.0. The van der Waals surface area contributed by atoms with Crippen LogP contribution >= 0.6 is 0 Å². The van der Waals surface area contributed by atoms with Crippen molar-refractivity contribution in [2.24, 2.45) is 0 Å². The molecule has 0 saturated heterocycles. The van der Waals surface area contributed by atoms with Gasteiger partial charge in [0.2, 0.25) is 0 Å². The molecule has 0 fully saturated rings. The topological polar surface area (TPSA) is 55.7 Å². The number of methoxy groups -OCH3 is 1. The number of furan rings is 2. The Morgan fingerprint density at radius 3 is 1.68 bits per heavy atom. The first-order valence-electron chi connectivity index (χ1n) is 10.1. The Morgan fingerprint density at radius 1 is 0.548 bits per heavy atom. The molecular formula is C27H16O4. The summed E-state index contributed by atoms with van der Waals surface area (Å²) < 4.78 is 17.8. The predicted molar refractivity (Wildman–Crippen MR) is 124 cm³/mol. The van der Waals surface area contributed by atoms with Crippen molar-refractivity contribution in [1.82, 2.24) is 0 Å². The summed E-state index contributed by atoms with van der Waals surface area (Å²) in [4.78, 5) is 0. The molecule has 2 aromatic heterocycles. The molecule has 0 aliphatic rings. The Balaban J connectivity index is 1.56. The van der Waals surface area contributed by atoms with Gasteiger partial charge in [0.15, 0.2) is 0 Å². The van der Waals surface area contributed by atoms with Crippen molar-refractivity contribution in [2.45, 2.75) is 0 Å². The molecule has 0 unspecified atom stereocenters. The average molecular weight is 404 g/mol. The van der Waals surface area contributed by atoms with Crippen molar-refractivity contribution in [1.29, 1.82) is 0 Å². The summed E-state index contributed by atoms with van der Waals surface area (Å²) >= 11 is 0. The van der Waals surface area contributed by atoms with Crippen LogP contribution in [0.5, 0.6) is 11.5 Å². The van der Waals surface area contributed by atoms with Gasteiger partial charge in [0.05, 0.1) is 7.11 Å². The molecule has 0 aliphatic carbocycles. The van der Waals surface area contributed by atoms with Crippen molar-refractivity contribution in [3.63, 3.8) is 0 Å². The van der Waals surface area contributed by atoms with Gasteiger partial charge in [-0.25, -0.2) is 0 Å². The van der Waals surface area contributed by atoms with Crippen molar-refractivity contribution < 1.29 is 18.7 Å². The van der Waals surface area contributed by atoms with Gasteiger partial charge in [-0.1, -0.05) is 12.1 Å². The third-order valence-electron chi connectivity index (χ3n) is 6.17. The monoisotopic (exact) mass is 404 g/mol.